The smallest absolute Gasteiger partial charge is 0.205 e. The fourth-order valence-electron chi connectivity index (χ4n) is 1.64. The molecule has 1 aromatic carbocycles. The van der Waals surface area contributed by atoms with Crippen LogP contribution >= 0.6 is 27.3 Å². The number of nitrogens with one attached hydrogen (secondary N) is 1. The molecule has 2 aromatic rings. The molecule has 0 fully saturated rings. The van der Waals surface area contributed by atoms with E-state index in [0.29, 0.717) is 29.1 Å². The number of benzene rings is 1. The van der Waals surface area contributed by atoms with E-state index in [1.54, 1.807) is 23.7 Å². The Balaban J connectivity index is 2.17. The zero-order valence-electron chi connectivity index (χ0n) is 12.2. The molecule has 0 radical (unpaired) electrons. The van der Waals surface area contributed by atoms with Gasteiger partial charge in [0, 0.05) is 15.4 Å². The summed E-state index contributed by atoms with van der Waals surface area (Å²) in [7, 11) is 0. The maximum Gasteiger partial charge on any atom is 0.205 e. The fourth-order valence-corrected chi connectivity index (χ4v) is 2.61. The van der Waals surface area contributed by atoms with Crippen molar-refractivity contribution in [2.45, 2.75) is 6.92 Å². The molecule has 1 aromatic heterocycles. The van der Waals surface area contributed by atoms with Gasteiger partial charge in [0.05, 0.1) is 12.8 Å². The van der Waals surface area contributed by atoms with Crippen molar-refractivity contribution < 1.29 is 9.47 Å². The summed E-state index contributed by atoms with van der Waals surface area (Å²) in [6, 6.07) is 5.45. The SMILES string of the molecule is CCOc1cc(C=NNc2nc(N)cs2)c(Br)cc1OCC#N. The first-order chi connectivity index (χ1) is 11.1. The Morgan fingerprint density at radius 2 is 2.26 bits per heavy atom. The van der Waals surface area contributed by atoms with Gasteiger partial charge in [-0.15, -0.1) is 11.3 Å². The minimum Gasteiger partial charge on any atom is -0.490 e. The maximum absolute atomic E-state index is 8.63. The number of rotatable bonds is 7. The van der Waals surface area contributed by atoms with Gasteiger partial charge in [0.1, 0.15) is 11.9 Å². The molecule has 0 amide bonds. The monoisotopic (exact) mass is 395 g/mol. The normalized spacial score (nSPS) is 10.5. The first-order valence-electron chi connectivity index (χ1n) is 6.60. The zero-order valence-corrected chi connectivity index (χ0v) is 14.6. The molecule has 0 saturated carbocycles. The molecular weight excluding hydrogens is 382 g/mol. The molecule has 7 nitrogen and oxygen atoms in total. The molecule has 2 rings (SSSR count). The Morgan fingerprint density at radius 3 is 2.91 bits per heavy atom. The Morgan fingerprint density at radius 1 is 1.48 bits per heavy atom. The summed E-state index contributed by atoms with van der Waals surface area (Å²) in [4.78, 5) is 4.04. The molecule has 9 heteroatoms. The van der Waals surface area contributed by atoms with Crippen LogP contribution in [0, 0.1) is 11.3 Å². The topological polar surface area (TPSA) is 106 Å². The summed E-state index contributed by atoms with van der Waals surface area (Å²) in [5.41, 5.74) is 9.13. The lowest BCUT2D eigenvalue weighted by molar-refractivity contribution is 0.298. The summed E-state index contributed by atoms with van der Waals surface area (Å²) in [5, 5.41) is 15.1. The predicted molar refractivity (Wildman–Crippen MR) is 94.2 cm³/mol. The van der Waals surface area contributed by atoms with Crippen molar-refractivity contribution in [3.63, 3.8) is 0 Å². The van der Waals surface area contributed by atoms with Gasteiger partial charge in [-0.25, -0.2) is 4.98 Å². The van der Waals surface area contributed by atoms with Crippen LogP contribution in [0.1, 0.15) is 12.5 Å². The first kappa shape index (κ1) is 17.1. The van der Waals surface area contributed by atoms with Crippen molar-refractivity contribution in [1.82, 2.24) is 4.98 Å². The molecule has 0 aliphatic rings. The van der Waals surface area contributed by atoms with Gasteiger partial charge < -0.3 is 15.2 Å². The number of nitrogens with zero attached hydrogens (tertiary/aromatic N) is 3. The second kappa shape index (κ2) is 8.36. The molecule has 0 aliphatic heterocycles. The molecule has 0 unspecified atom stereocenters. The number of halogens is 1. The van der Waals surface area contributed by atoms with Crippen LogP contribution in [0.2, 0.25) is 0 Å². The Bertz CT molecular complexity index is 741. The van der Waals surface area contributed by atoms with E-state index in [1.807, 2.05) is 13.0 Å². The summed E-state index contributed by atoms with van der Waals surface area (Å²) < 4.78 is 11.6. The van der Waals surface area contributed by atoms with Gasteiger partial charge in [-0.2, -0.15) is 10.4 Å². The number of nitrogen functional groups attached to an aromatic ring is 1. The number of nitrogens with two attached hydrogens (primary N) is 1. The molecule has 3 N–H and O–H groups in total. The second-order valence-corrected chi connectivity index (χ2v) is 5.86. The van der Waals surface area contributed by atoms with E-state index in [-0.39, 0.29) is 6.61 Å². The lowest BCUT2D eigenvalue weighted by Crippen LogP contribution is -2.01. The van der Waals surface area contributed by atoms with E-state index in [0.717, 1.165) is 10.0 Å². The van der Waals surface area contributed by atoms with Gasteiger partial charge in [-0.3, -0.25) is 5.43 Å². The molecular formula is C14H14BrN5O2S. The number of nitriles is 1. The number of hydrogen-bond donors (Lipinski definition) is 2. The number of hydrogen-bond acceptors (Lipinski definition) is 8. The number of ether oxygens (including phenoxy) is 2. The summed E-state index contributed by atoms with van der Waals surface area (Å²) in [6.07, 6.45) is 1.62. The van der Waals surface area contributed by atoms with E-state index >= 15 is 0 Å². The summed E-state index contributed by atoms with van der Waals surface area (Å²) >= 11 is 4.81. The van der Waals surface area contributed by atoms with Crippen molar-refractivity contribution in [2.75, 3.05) is 24.4 Å². The largest absolute Gasteiger partial charge is 0.490 e. The van der Waals surface area contributed by atoms with Gasteiger partial charge >= 0.3 is 0 Å². The van der Waals surface area contributed by atoms with Crippen LogP contribution in [-0.4, -0.2) is 24.4 Å². The summed E-state index contributed by atoms with van der Waals surface area (Å²) in [5.74, 6) is 1.50. The fraction of sp³-hybridized carbons (Fsp3) is 0.214. The Kier molecular flexibility index (Phi) is 6.19. The number of hydrazone groups is 1. The molecule has 23 heavy (non-hydrogen) atoms. The van der Waals surface area contributed by atoms with Gasteiger partial charge in [0.25, 0.3) is 0 Å². The van der Waals surface area contributed by atoms with Crippen LogP contribution in [0.25, 0.3) is 0 Å². The van der Waals surface area contributed by atoms with Gasteiger partial charge in [-0.05, 0) is 35.0 Å². The van der Waals surface area contributed by atoms with Gasteiger partial charge in [0.15, 0.2) is 18.1 Å². The van der Waals surface area contributed by atoms with Crippen molar-refractivity contribution in [1.29, 1.82) is 5.26 Å². The molecule has 0 bridgehead atoms. The molecule has 0 saturated heterocycles. The third-order valence-corrected chi connectivity index (χ3v) is 3.99. The minimum absolute atomic E-state index is 0.0486. The van der Waals surface area contributed by atoms with E-state index in [1.165, 1.54) is 11.3 Å². The molecule has 0 aliphatic carbocycles. The molecule has 1 heterocycles. The second-order valence-electron chi connectivity index (χ2n) is 4.15. The number of thiazole rings is 1. The van der Waals surface area contributed by atoms with Crippen molar-refractivity contribution >= 4 is 44.4 Å². The lowest BCUT2D eigenvalue weighted by atomic mass is 10.2. The van der Waals surface area contributed by atoms with Crippen LogP contribution in [0.4, 0.5) is 10.9 Å². The van der Waals surface area contributed by atoms with Crippen molar-refractivity contribution in [2.24, 2.45) is 5.10 Å². The van der Waals surface area contributed by atoms with E-state index in [9.17, 15) is 0 Å². The maximum atomic E-state index is 8.63. The molecule has 0 atom stereocenters. The van der Waals surface area contributed by atoms with E-state index in [2.05, 4.69) is 31.4 Å². The Hall–Kier alpha value is -2.31. The highest BCUT2D eigenvalue weighted by atomic mass is 79.9. The molecule has 0 spiro atoms. The third kappa shape index (κ3) is 4.84. The first-order valence-corrected chi connectivity index (χ1v) is 8.27. The molecule has 120 valence electrons. The highest BCUT2D eigenvalue weighted by Gasteiger charge is 2.10. The minimum atomic E-state index is -0.0486. The quantitative estimate of drug-likeness (QED) is 0.550. The lowest BCUT2D eigenvalue weighted by Gasteiger charge is -2.12. The Labute approximate surface area is 145 Å². The van der Waals surface area contributed by atoms with Crippen LogP contribution in [0.5, 0.6) is 11.5 Å². The highest BCUT2D eigenvalue weighted by molar-refractivity contribution is 9.10. The highest BCUT2D eigenvalue weighted by Crippen LogP contribution is 2.33. The van der Waals surface area contributed by atoms with E-state index < -0.39 is 0 Å². The van der Waals surface area contributed by atoms with Crippen LogP contribution in [0.3, 0.4) is 0 Å². The van der Waals surface area contributed by atoms with Crippen LogP contribution in [-0.2, 0) is 0 Å². The predicted octanol–water partition coefficient (Wildman–Crippen LogP) is 3.23. The van der Waals surface area contributed by atoms with Crippen LogP contribution in [0.15, 0.2) is 27.1 Å². The van der Waals surface area contributed by atoms with Gasteiger partial charge in [-0.1, -0.05) is 0 Å². The van der Waals surface area contributed by atoms with Crippen molar-refractivity contribution in [3.05, 3.63) is 27.5 Å². The standard InChI is InChI=1S/C14H14BrN5O2S/c1-2-21-11-5-9(10(15)6-12(11)22-4-3-16)7-18-20-14-19-13(17)8-23-14/h5-8H,2,4,17H2,1H3,(H,19,20). The van der Waals surface area contributed by atoms with Gasteiger partial charge in [0.2, 0.25) is 5.13 Å². The summed E-state index contributed by atoms with van der Waals surface area (Å²) in [6.45, 7) is 2.31. The van der Waals surface area contributed by atoms with Crippen molar-refractivity contribution in [3.8, 4) is 17.6 Å². The zero-order chi connectivity index (χ0) is 16.7. The average molecular weight is 396 g/mol. The average Bonchev–Trinajstić information content (AvgIpc) is 2.94. The number of anilines is 2. The van der Waals surface area contributed by atoms with E-state index in [4.69, 9.17) is 20.5 Å². The van der Waals surface area contributed by atoms with Crippen LogP contribution < -0.4 is 20.6 Å². The number of aromatic nitrogens is 1. The third-order valence-electron chi connectivity index (χ3n) is 2.54.